The lowest BCUT2D eigenvalue weighted by atomic mass is 9.97. The fourth-order valence-corrected chi connectivity index (χ4v) is 1.54. The highest BCUT2D eigenvalue weighted by Gasteiger charge is 2.33. The van der Waals surface area contributed by atoms with Gasteiger partial charge >= 0.3 is 12.1 Å². The van der Waals surface area contributed by atoms with Gasteiger partial charge in [0.25, 0.3) is 0 Å². The van der Waals surface area contributed by atoms with E-state index in [1.807, 2.05) is 0 Å². The highest BCUT2D eigenvalue weighted by molar-refractivity contribution is 5.73. The van der Waals surface area contributed by atoms with Crippen LogP contribution >= 0.6 is 0 Å². The van der Waals surface area contributed by atoms with E-state index in [4.69, 9.17) is 10.8 Å². The predicted molar refractivity (Wildman–Crippen MR) is 55.5 cm³/mol. The first kappa shape index (κ1) is 13.5. The Morgan fingerprint density at radius 1 is 1.47 bits per heavy atom. The van der Waals surface area contributed by atoms with Gasteiger partial charge in [-0.15, -0.1) is 0 Å². The average molecular weight is 247 g/mol. The molecule has 0 heterocycles. The van der Waals surface area contributed by atoms with E-state index in [0.29, 0.717) is 5.56 Å². The first-order valence-electron chi connectivity index (χ1n) is 4.87. The van der Waals surface area contributed by atoms with Gasteiger partial charge in [-0.3, -0.25) is 4.79 Å². The smallest absolute Gasteiger partial charge is 0.416 e. The van der Waals surface area contributed by atoms with Gasteiger partial charge in [0.15, 0.2) is 0 Å². The standard InChI is InChI=1S/C11H12F3NO2/c1-6-7(5-9(15)10(16)17)3-2-4-8(6)11(12,13)14/h2-4,9H,5,15H2,1H3,(H,16,17)/t9-/m1/s1. The first-order valence-corrected chi connectivity index (χ1v) is 4.87. The summed E-state index contributed by atoms with van der Waals surface area (Å²) in [7, 11) is 0. The normalized spacial score (nSPS) is 13.5. The Bertz CT molecular complexity index is 429. The third kappa shape index (κ3) is 3.20. The largest absolute Gasteiger partial charge is 0.480 e. The van der Waals surface area contributed by atoms with Crippen molar-refractivity contribution in [3.8, 4) is 0 Å². The molecule has 6 heteroatoms. The number of rotatable bonds is 3. The zero-order valence-electron chi connectivity index (χ0n) is 9.08. The van der Waals surface area contributed by atoms with Crippen molar-refractivity contribution >= 4 is 5.97 Å². The number of alkyl halides is 3. The lowest BCUT2D eigenvalue weighted by molar-refractivity contribution is -0.138. The summed E-state index contributed by atoms with van der Waals surface area (Å²) in [4.78, 5) is 10.5. The molecule has 3 N–H and O–H groups in total. The molecule has 3 nitrogen and oxygen atoms in total. The van der Waals surface area contributed by atoms with E-state index >= 15 is 0 Å². The van der Waals surface area contributed by atoms with Crippen molar-refractivity contribution in [1.29, 1.82) is 0 Å². The Kier molecular flexibility index (Phi) is 3.77. The van der Waals surface area contributed by atoms with Crippen LogP contribution in [0.4, 0.5) is 13.2 Å². The topological polar surface area (TPSA) is 63.3 Å². The Morgan fingerprint density at radius 2 is 2.06 bits per heavy atom. The Balaban J connectivity index is 3.07. The van der Waals surface area contributed by atoms with Crippen molar-refractivity contribution < 1.29 is 23.1 Å². The lowest BCUT2D eigenvalue weighted by Gasteiger charge is -2.15. The summed E-state index contributed by atoms with van der Waals surface area (Å²) >= 11 is 0. The maximum atomic E-state index is 12.6. The van der Waals surface area contributed by atoms with E-state index in [9.17, 15) is 18.0 Å². The Morgan fingerprint density at radius 3 is 2.53 bits per heavy atom. The maximum absolute atomic E-state index is 12.6. The van der Waals surface area contributed by atoms with Gasteiger partial charge in [-0.25, -0.2) is 0 Å². The van der Waals surface area contributed by atoms with Crippen LogP contribution in [0.25, 0.3) is 0 Å². The van der Waals surface area contributed by atoms with Crippen LogP contribution in [0.5, 0.6) is 0 Å². The van der Waals surface area contributed by atoms with Crippen molar-refractivity contribution in [1.82, 2.24) is 0 Å². The molecule has 0 spiro atoms. The molecule has 0 amide bonds. The van der Waals surface area contributed by atoms with Crippen molar-refractivity contribution in [2.45, 2.75) is 25.6 Å². The second-order valence-electron chi connectivity index (χ2n) is 3.74. The summed E-state index contributed by atoms with van der Waals surface area (Å²) in [6, 6.07) is 2.47. The van der Waals surface area contributed by atoms with Crippen molar-refractivity contribution in [2.24, 2.45) is 5.73 Å². The minimum absolute atomic E-state index is 0.0247. The van der Waals surface area contributed by atoms with Crippen LogP contribution in [0.2, 0.25) is 0 Å². The number of halogens is 3. The highest BCUT2D eigenvalue weighted by Crippen LogP contribution is 2.33. The second-order valence-corrected chi connectivity index (χ2v) is 3.74. The second kappa shape index (κ2) is 4.75. The van der Waals surface area contributed by atoms with Crippen LogP contribution in [0.1, 0.15) is 16.7 Å². The summed E-state index contributed by atoms with van der Waals surface area (Å²) in [5, 5.41) is 8.62. The van der Waals surface area contributed by atoms with Gasteiger partial charge in [0.05, 0.1) is 5.56 Å². The van der Waals surface area contributed by atoms with Gasteiger partial charge < -0.3 is 10.8 Å². The zero-order valence-corrected chi connectivity index (χ0v) is 9.08. The molecule has 0 aromatic heterocycles. The minimum Gasteiger partial charge on any atom is -0.480 e. The molecule has 0 aliphatic carbocycles. The van der Waals surface area contributed by atoms with Gasteiger partial charge in [-0.2, -0.15) is 13.2 Å². The summed E-state index contributed by atoms with van der Waals surface area (Å²) in [5.74, 6) is -1.23. The van der Waals surface area contributed by atoms with Gasteiger partial charge in [-0.1, -0.05) is 12.1 Å². The average Bonchev–Trinajstić information content (AvgIpc) is 2.19. The molecule has 0 bridgehead atoms. The summed E-state index contributed by atoms with van der Waals surface area (Å²) in [6.45, 7) is 1.31. The molecule has 0 aliphatic rings. The molecule has 0 unspecified atom stereocenters. The molecule has 0 radical (unpaired) electrons. The molecule has 1 aromatic rings. The van der Waals surface area contributed by atoms with Crippen molar-refractivity contribution in [2.75, 3.05) is 0 Å². The minimum atomic E-state index is -4.44. The number of hydrogen-bond acceptors (Lipinski definition) is 2. The maximum Gasteiger partial charge on any atom is 0.416 e. The van der Waals surface area contributed by atoms with Crippen LogP contribution in [-0.4, -0.2) is 17.1 Å². The van der Waals surface area contributed by atoms with E-state index in [2.05, 4.69) is 0 Å². The number of carboxylic acids is 1. The van der Waals surface area contributed by atoms with Crippen LogP contribution in [0.15, 0.2) is 18.2 Å². The van der Waals surface area contributed by atoms with E-state index in [-0.39, 0.29) is 12.0 Å². The quantitative estimate of drug-likeness (QED) is 0.858. The van der Waals surface area contributed by atoms with E-state index in [1.165, 1.54) is 19.1 Å². The van der Waals surface area contributed by atoms with Gasteiger partial charge in [0.2, 0.25) is 0 Å². The molecule has 0 fully saturated rings. The van der Waals surface area contributed by atoms with Crippen LogP contribution in [0.3, 0.4) is 0 Å². The molecule has 0 saturated carbocycles. The first-order chi connectivity index (χ1) is 7.73. The van der Waals surface area contributed by atoms with Crippen molar-refractivity contribution in [3.63, 3.8) is 0 Å². The van der Waals surface area contributed by atoms with Crippen LogP contribution < -0.4 is 5.73 Å². The van der Waals surface area contributed by atoms with E-state index < -0.39 is 23.8 Å². The summed E-state index contributed by atoms with van der Waals surface area (Å²) in [5.41, 5.74) is 4.86. The van der Waals surface area contributed by atoms with Gasteiger partial charge in [0.1, 0.15) is 6.04 Å². The number of carboxylic acid groups (broad SMARTS) is 1. The summed E-state index contributed by atoms with van der Waals surface area (Å²) in [6.07, 6.45) is -4.56. The zero-order chi connectivity index (χ0) is 13.2. The fourth-order valence-electron chi connectivity index (χ4n) is 1.54. The monoisotopic (exact) mass is 247 g/mol. The summed E-state index contributed by atoms with van der Waals surface area (Å²) < 4.78 is 37.7. The SMILES string of the molecule is Cc1c(C[C@@H](N)C(=O)O)cccc1C(F)(F)F. The molecule has 0 aliphatic heterocycles. The third-order valence-corrected chi connectivity index (χ3v) is 2.51. The van der Waals surface area contributed by atoms with Crippen LogP contribution in [-0.2, 0) is 17.4 Å². The predicted octanol–water partition coefficient (Wildman–Crippen LogP) is 1.97. The Hall–Kier alpha value is -1.56. The van der Waals surface area contributed by atoms with E-state index in [0.717, 1.165) is 6.07 Å². The molecule has 1 aromatic carbocycles. The Labute approximate surface area is 96.0 Å². The lowest BCUT2D eigenvalue weighted by Crippen LogP contribution is -2.32. The molecule has 0 saturated heterocycles. The van der Waals surface area contributed by atoms with Crippen LogP contribution in [0, 0.1) is 6.92 Å². The third-order valence-electron chi connectivity index (χ3n) is 2.51. The molecular weight excluding hydrogens is 235 g/mol. The molecule has 1 atom stereocenters. The van der Waals surface area contributed by atoms with Gasteiger partial charge in [-0.05, 0) is 30.5 Å². The fraction of sp³-hybridized carbons (Fsp3) is 0.364. The van der Waals surface area contributed by atoms with Crippen molar-refractivity contribution in [3.05, 3.63) is 34.9 Å². The number of hydrogen-bond donors (Lipinski definition) is 2. The number of carbonyl (C=O) groups is 1. The number of nitrogens with two attached hydrogens (primary N) is 1. The number of benzene rings is 1. The molecule has 17 heavy (non-hydrogen) atoms. The molecular formula is C11H12F3NO2. The molecule has 1 rings (SSSR count). The molecule has 94 valence electrons. The van der Waals surface area contributed by atoms with E-state index in [1.54, 1.807) is 0 Å². The number of aliphatic carboxylic acids is 1. The van der Waals surface area contributed by atoms with Gasteiger partial charge in [0, 0.05) is 0 Å². The highest BCUT2D eigenvalue weighted by atomic mass is 19.4.